The Morgan fingerprint density at radius 3 is 2.58 bits per heavy atom. The monoisotopic (exact) mass is 360 g/mol. The molecule has 1 aliphatic heterocycles. The number of hydrogen-bond donors (Lipinski definition) is 1. The largest absolute Gasteiger partial charge is 0.420 e. The van der Waals surface area contributed by atoms with Crippen LogP contribution in [-0.4, -0.2) is 65.4 Å². The molecule has 2 amide bonds. The van der Waals surface area contributed by atoms with Gasteiger partial charge in [-0.15, -0.1) is 0 Å². The van der Waals surface area contributed by atoms with Crippen LogP contribution >= 0.6 is 0 Å². The van der Waals surface area contributed by atoms with E-state index >= 15 is 0 Å². The third-order valence-electron chi connectivity index (χ3n) is 4.69. The van der Waals surface area contributed by atoms with Crippen LogP contribution in [0.15, 0.2) is 33.5 Å². The number of nitrogens with zero attached hydrogens (tertiary/aromatic N) is 3. The number of para-hydroxylation sites is 2. The molecule has 140 valence electrons. The lowest BCUT2D eigenvalue weighted by Crippen LogP contribution is -2.52. The summed E-state index contributed by atoms with van der Waals surface area (Å²) in [5.74, 6) is -0.643. The van der Waals surface area contributed by atoms with Crippen LogP contribution in [0.5, 0.6) is 0 Å². The summed E-state index contributed by atoms with van der Waals surface area (Å²) in [6.45, 7) is 6.90. The Labute approximate surface area is 151 Å². The van der Waals surface area contributed by atoms with Crippen molar-refractivity contribution in [3.05, 3.63) is 34.8 Å². The van der Waals surface area contributed by atoms with Crippen LogP contribution in [0.25, 0.3) is 11.1 Å². The number of hydrogen-bond acceptors (Lipinski definition) is 5. The van der Waals surface area contributed by atoms with Crippen molar-refractivity contribution >= 4 is 22.9 Å². The first-order valence-electron chi connectivity index (χ1n) is 8.89. The maximum Gasteiger partial charge on any atom is 0.420 e. The number of piperazine rings is 1. The van der Waals surface area contributed by atoms with Crippen LogP contribution < -0.4 is 11.1 Å². The molecule has 1 saturated heterocycles. The van der Waals surface area contributed by atoms with Crippen molar-refractivity contribution in [3.63, 3.8) is 0 Å². The molecule has 1 aromatic carbocycles. The highest BCUT2D eigenvalue weighted by Gasteiger charge is 2.28. The van der Waals surface area contributed by atoms with Gasteiger partial charge in [0.25, 0.3) is 0 Å². The van der Waals surface area contributed by atoms with Crippen molar-refractivity contribution in [1.82, 2.24) is 19.7 Å². The quantitative estimate of drug-likeness (QED) is 0.836. The van der Waals surface area contributed by atoms with Gasteiger partial charge in [-0.1, -0.05) is 12.1 Å². The minimum absolute atomic E-state index is 0.00272. The fraction of sp³-hybridized carbons (Fsp3) is 0.500. The molecule has 1 aliphatic rings. The SMILES string of the molecule is CCNC(=O)CN1CCN(C(=O)C(C)n2c(=O)oc3ccccc32)CC1. The van der Waals surface area contributed by atoms with Crippen molar-refractivity contribution in [3.8, 4) is 0 Å². The lowest BCUT2D eigenvalue weighted by Gasteiger charge is -2.35. The van der Waals surface area contributed by atoms with E-state index in [2.05, 4.69) is 5.32 Å². The van der Waals surface area contributed by atoms with Crippen molar-refractivity contribution in [1.29, 1.82) is 0 Å². The number of carbonyl (C=O) groups excluding carboxylic acids is 2. The van der Waals surface area contributed by atoms with Gasteiger partial charge >= 0.3 is 5.76 Å². The van der Waals surface area contributed by atoms with E-state index in [1.54, 1.807) is 30.0 Å². The zero-order valence-electron chi connectivity index (χ0n) is 15.1. The normalized spacial score (nSPS) is 16.6. The highest BCUT2D eigenvalue weighted by atomic mass is 16.4. The van der Waals surface area contributed by atoms with Crippen LogP contribution in [0.3, 0.4) is 0 Å². The summed E-state index contributed by atoms with van der Waals surface area (Å²) in [6.07, 6.45) is 0. The van der Waals surface area contributed by atoms with Gasteiger partial charge in [0, 0.05) is 32.7 Å². The molecule has 2 heterocycles. The summed E-state index contributed by atoms with van der Waals surface area (Å²) >= 11 is 0. The molecule has 0 aliphatic carbocycles. The van der Waals surface area contributed by atoms with Gasteiger partial charge in [0.1, 0.15) is 6.04 Å². The predicted molar refractivity (Wildman–Crippen MR) is 96.9 cm³/mol. The summed E-state index contributed by atoms with van der Waals surface area (Å²) in [4.78, 5) is 40.5. The first-order valence-corrected chi connectivity index (χ1v) is 8.89. The molecule has 0 bridgehead atoms. The van der Waals surface area contributed by atoms with Gasteiger partial charge in [-0.05, 0) is 26.0 Å². The van der Waals surface area contributed by atoms with E-state index in [1.807, 2.05) is 17.9 Å². The average molecular weight is 360 g/mol. The minimum Gasteiger partial charge on any atom is -0.408 e. The molecular weight excluding hydrogens is 336 g/mol. The molecular formula is C18H24N4O4. The number of carbonyl (C=O) groups is 2. The van der Waals surface area contributed by atoms with E-state index in [0.29, 0.717) is 50.4 Å². The maximum absolute atomic E-state index is 12.9. The van der Waals surface area contributed by atoms with Crippen molar-refractivity contribution in [2.45, 2.75) is 19.9 Å². The lowest BCUT2D eigenvalue weighted by molar-refractivity contribution is -0.136. The summed E-state index contributed by atoms with van der Waals surface area (Å²) in [5.41, 5.74) is 1.09. The number of oxazole rings is 1. The van der Waals surface area contributed by atoms with Gasteiger partial charge in [-0.2, -0.15) is 0 Å². The molecule has 2 aromatic rings. The fourth-order valence-corrected chi connectivity index (χ4v) is 3.31. The molecule has 1 aromatic heterocycles. The Kier molecular flexibility index (Phi) is 5.41. The van der Waals surface area contributed by atoms with E-state index in [-0.39, 0.29) is 11.8 Å². The Morgan fingerprint density at radius 2 is 1.88 bits per heavy atom. The number of benzene rings is 1. The number of aromatic nitrogens is 1. The topological polar surface area (TPSA) is 87.8 Å². The van der Waals surface area contributed by atoms with Crippen LogP contribution in [0, 0.1) is 0 Å². The molecule has 0 radical (unpaired) electrons. The van der Waals surface area contributed by atoms with Crippen LogP contribution in [0.2, 0.25) is 0 Å². The first-order chi connectivity index (χ1) is 12.5. The lowest BCUT2D eigenvalue weighted by atomic mass is 10.2. The Bertz CT molecular complexity index is 848. The zero-order valence-corrected chi connectivity index (χ0v) is 15.1. The van der Waals surface area contributed by atoms with E-state index in [9.17, 15) is 14.4 Å². The van der Waals surface area contributed by atoms with Crippen molar-refractivity contribution < 1.29 is 14.0 Å². The Morgan fingerprint density at radius 1 is 1.19 bits per heavy atom. The summed E-state index contributed by atoms with van der Waals surface area (Å²) in [7, 11) is 0. The van der Waals surface area contributed by atoms with Gasteiger partial charge in [0.05, 0.1) is 12.1 Å². The molecule has 8 nitrogen and oxygen atoms in total. The number of amides is 2. The van der Waals surface area contributed by atoms with Gasteiger partial charge < -0.3 is 14.6 Å². The van der Waals surface area contributed by atoms with Gasteiger partial charge in [0.2, 0.25) is 11.8 Å². The minimum atomic E-state index is -0.638. The van der Waals surface area contributed by atoms with Crippen LogP contribution in [0.4, 0.5) is 0 Å². The predicted octanol–water partition coefficient (Wildman–Crippen LogP) is 0.436. The molecule has 8 heteroatoms. The molecule has 0 spiro atoms. The van der Waals surface area contributed by atoms with Crippen LogP contribution in [-0.2, 0) is 9.59 Å². The second kappa shape index (κ2) is 7.74. The molecule has 1 N–H and O–H groups in total. The first kappa shape index (κ1) is 18.2. The number of nitrogens with one attached hydrogen (secondary N) is 1. The molecule has 1 atom stereocenters. The summed E-state index contributed by atoms with van der Waals surface area (Å²) in [5, 5.41) is 2.78. The van der Waals surface area contributed by atoms with Crippen molar-refractivity contribution in [2.24, 2.45) is 0 Å². The van der Waals surface area contributed by atoms with E-state index in [0.717, 1.165) is 0 Å². The van der Waals surface area contributed by atoms with E-state index < -0.39 is 11.8 Å². The molecule has 26 heavy (non-hydrogen) atoms. The fourth-order valence-electron chi connectivity index (χ4n) is 3.31. The number of fused-ring (bicyclic) bond motifs is 1. The average Bonchev–Trinajstić information content (AvgIpc) is 2.97. The highest BCUT2D eigenvalue weighted by Crippen LogP contribution is 2.18. The third kappa shape index (κ3) is 3.65. The second-order valence-corrected chi connectivity index (χ2v) is 6.44. The van der Waals surface area contributed by atoms with E-state index in [1.165, 1.54) is 4.57 Å². The zero-order chi connectivity index (χ0) is 18.7. The summed E-state index contributed by atoms with van der Waals surface area (Å²) < 4.78 is 6.63. The Balaban J connectivity index is 1.66. The van der Waals surface area contributed by atoms with E-state index in [4.69, 9.17) is 4.42 Å². The highest BCUT2D eigenvalue weighted by molar-refractivity contribution is 5.83. The second-order valence-electron chi connectivity index (χ2n) is 6.44. The number of rotatable bonds is 5. The number of likely N-dealkylation sites (N-methyl/N-ethyl adjacent to an activating group) is 1. The standard InChI is InChI=1S/C18H24N4O4/c1-3-19-16(23)12-20-8-10-21(11-9-20)17(24)13(2)22-14-6-4-5-7-15(14)26-18(22)25/h4-7,13H,3,8-12H2,1-2H3,(H,19,23). The van der Waals surface area contributed by atoms with Gasteiger partial charge in [-0.3, -0.25) is 19.1 Å². The molecule has 1 unspecified atom stereocenters. The summed E-state index contributed by atoms with van der Waals surface area (Å²) in [6, 6.07) is 6.45. The van der Waals surface area contributed by atoms with Gasteiger partial charge in [-0.25, -0.2) is 4.79 Å². The molecule has 0 saturated carbocycles. The van der Waals surface area contributed by atoms with Gasteiger partial charge in [0.15, 0.2) is 5.58 Å². The van der Waals surface area contributed by atoms with Crippen LogP contribution in [0.1, 0.15) is 19.9 Å². The maximum atomic E-state index is 12.9. The third-order valence-corrected chi connectivity index (χ3v) is 4.69. The smallest absolute Gasteiger partial charge is 0.408 e. The van der Waals surface area contributed by atoms with Crippen molar-refractivity contribution in [2.75, 3.05) is 39.3 Å². The Hall–Kier alpha value is -2.61. The molecule has 1 fully saturated rings. The molecule has 3 rings (SSSR count).